The molecular formula is C12H14O5. The summed E-state index contributed by atoms with van der Waals surface area (Å²) < 4.78 is 10.1. The van der Waals surface area contributed by atoms with Crippen LogP contribution in [0.3, 0.4) is 0 Å². The number of carboxylic acid groups (broad SMARTS) is 1. The fourth-order valence-electron chi connectivity index (χ4n) is 1.54. The van der Waals surface area contributed by atoms with Crippen molar-refractivity contribution in [2.75, 3.05) is 20.8 Å². The Balaban J connectivity index is 3.14. The predicted octanol–water partition coefficient (Wildman–Crippen LogP) is 1.29. The Bertz CT molecular complexity index is 413. The first-order chi connectivity index (χ1) is 8.11. The van der Waals surface area contributed by atoms with Crippen molar-refractivity contribution < 1.29 is 24.2 Å². The van der Waals surface area contributed by atoms with Crippen LogP contribution in [-0.2, 0) is 14.3 Å². The molecule has 0 heterocycles. The maximum atomic E-state index is 11.5. The van der Waals surface area contributed by atoms with Crippen LogP contribution in [0.5, 0.6) is 0 Å². The van der Waals surface area contributed by atoms with Crippen molar-refractivity contribution >= 4 is 11.8 Å². The Morgan fingerprint density at radius 3 is 2.47 bits per heavy atom. The number of Topliss-reactive ketones (excluding diaryl/α,β-unsaturated/α-hetero) is 1. The molecule has 0 saturated carbocycles. The molecule has 0 spiro atoms. The van der Waals surface area contributed by atoms with Gasteiger partial charge in [0.15, 0.2) is 0 Å². The number of ketones is 1. The molecule has 0 fully saturated rings. The van der Waals surface area contributed by atoms with E-state index in [4.69, 9.17) is 14.6 Å². The minimum Gasteiger partial charge on any atom is -0.475 e. The molecule has 1 N–H and O–H groups in total. The van der Waals surface area contributed by atoms with Crippen molar-refractivity contribution in [2.24, 2.45) is 0 Å². The first-order valence-electron chi connectivity index (χ1n) is 5.00. The van der Waals surface area contributed by atoms with Crippen molar-refractivity contribution in [1.29, 1.82) is 0 Å². The number of rotatable bonds is 6. The summed E-state index contributed by atoms with van der Waals surface area (Å²) in [4.78, 5) is 22.2. The molecular weight excluding hydrogens is 224 g/mol. The molecule has 0 saturated heterocycles. The van der Waals surface area contributed by atoms with Gasteiger partial charge in [-0.25, -0.2) is 4.79 Å². The predicted molar refractivity (Wildman–Crippen MR) is 60.0 cm³/mol. The Labute approximate surface area is 99.0 Å². The summed E-state index contributed by atoms with van der Waals surface area (Å²) >= 11 is 0. The van der Waals surface area contributed by atoms with Crippen molar-refractivity contribution in [3.05, 3.63) is 35.4 Å². The van der Waals surface area contributed by atoms with Crippen LogP contribution in [0.15, 0.2) is 24.3 Å². The topological polar surface area (TPSA) is 72.8 Å². The third-order valence-corrected chi connectivity index (χ3v) is 2.35. The smallest absolute Gasteiger partial charge is 0.377 e. The van der Waals surface area contributed by atoms with E-state index in [1.807, 2.05) is 0 Å². The van der Waals surface area contributed by atoms with Gasteiger partial charge in [0.25, 0.3) is 5.78 Å². The number of hydrogen-bond acceptors (Lipinski definition) is 4. The van der Waals surface area contributed by atoms with Gasteiger partial charge in [-0.2, -0.15) is 0 Å². The molecule has 0 aliphatic rings. The van der Waals surface area contributed by atoms with Gasteiger partial charge in [0.1, 0.15) is 6.10 Å². The third-order valence-electron chi connectivity index (χ3n) is 2.35. The van der Waals surface area contributed by atoms with Gasteiger partial charge in [-0.15, -0.1) is 0 Å². The number of hydrogen-bond donors (Lipinski definition) is 1. The summed E-state index contributed by atoms with van der Waals surface area (Å²) in [6.45, 7) is 0.250. The van der Waals surface area contributed by atoms with E-state index in [1.54, 1.807) is 18.2 Å². The molecule has 1 aromatic rings. The lowest BCUT2D eigenvalue weighted by molar-refractivity contribution is -0.131. The van der Waals surface area contributed by atoms with Crippen molar-refractivity contribution in [1.82, 2.24) is 0 Å². The van der Waals surface area contributed by atoms with Crippen LogP contribution in [0, 0.1) is 0 Å². The first kappa shape index (κ1) is 13.3. The van der Waals surface area contributed by atoms with Crippen LogP contribution in [0.25, 0.3) is 0 Å². The molecule has 0 radical (unpaired) electrons. The Morgan fingerprint density at radius 2 is 1.94 bits per heavy atom. The summed E-state index contributed by atoms with van der Waals surface area (Å²) in [5, 5.41) is 8.72. The zero-order chi connectivity index (χ0) is 12.8. The summed E-state index contributed by atoms with van der Waals surface area (Å²) in [6.07, 6.45) is -0.459. The minimum atomic E-state index is -1.48. The highest BCUT2D eigenvalue weighted by atomic mass is 16.5. The Hall–Kier alpha value is -1.72. The van der Waals surface area contributed by atoms with Crippen molar-refractivity contribution in [3.8, 4) is 0 Å². The van der Waals surface area contributed by atoms with Crippen LogP contribution < -0.4 is 0 Å². The van der Waals surface area contributed by atoms with E-state index in [-0.39, 0.29) is 12.2 Å². The number of aliphatic carboxylic acids is 1. The van der Waals surface area contributed by atoms with Crippen molar-refractivity contribution in [2.45, 2.75) is 6.10 Å². The zero-order valence-electron chi connectivity index (χ0n) is 9.67. The van der Waals surface area contributed by atoms with E-state index >= 15 is 0 Å². The monoisotopic (exact) mass is 238 g/mol. The molecule has 17 heavy (non-hydrogen) atoms. The highest BCUT2D eigenvalue weighted by Gasteiger charge is 2.22. The lowest BCUT2D eigenvalue weighted by Crippen LogP contribution is -2.18. The van der Waals surface area contributed by atoms with E-state index in [0.717, 1.165) is 0 Å². The van der Waals surface area contributed by atoms with Crippen LogP contribution >= 0.6 is 0 Å². The highest BCUT2D eigenvalue weighted by molar-refractivity contribution is 6.40. The van der Waals surface area contributed by atoms with Crippen LogP contribution in [0.2, 0.25) is 0 Å². The number of carboxylic acids is 1. The van der Waals surface area contributed by atoms with Gasteiger partial charge in [0, 0.05) is 19.8 Å². The first-order valence-corrected chi connectivity index (χ1v) is 5.00. The van der Waals surface area contributed by atoms with Gasteiger partial charge >= 0.3 is 5.97 Å². The fraction of sp³-hybridized carbons (Fsp3) is 0.333. The Morgan fingerprint density at radius 1 is 1.29 bits per heavy atom. The number of carbonyl (C=O) groups excluding carboxylic acids is 1. The molecule has 1 atom stereocenters. The van der Waals surface area contributed by atoms with E-state index in [9.17, 15) is 9.59 Å². The molecule has 0 aromatic heterocycles. The average Bonchev–Trinajstić information content (AvgIpc) is 2.35. The van der Waals surface area contributed by atoms with Crippen molar-refractivity contribution in [3.63, 3.8) is 0 Å². The van der Waals surface area contributed by atoms with Crippen LogP contribution in [-0.4, -0.2) is 37.7 Å². The maximum absolute atomic E-state index is 11.5. The molecule has 0 amide bonds. The second-order valence-electron chi connectivity index (χ2n) is 3.40. The van der Waals surface area contributed by atoms with E-state index in [0.29, 0.717) is 5.56 Å². The molecule has 0 bridgehead atoms. The second kappa shape index (κ2) is 6.12. The van der Waals surface area contributed by atoms with E-state index in [2.05, 4.69) is 0 Å². The summed E-state index contributed by atoms with van der Waals surface area (Å²) in [6, 6.07) is 6.45. The quantitative estimate of drug-likeness (QED) is 0.597. The van der Waals surface area contributed by atoms with E-state index < -0.39 is 17.9 Å². The molecule has 1 unspecified atom stereocenters. The lowest BCUT2D eigenvalue weighted by Gasteiger charge is -2.17. The largest absolute Gasteiger partial charge is 0.475 e. The number of benzene rings is 1. The van der Waals surface area contributed by atoms with Gasteiger partial charge < -0.3 is 14.6 Å². The molecule has 0 aliphatic carbocycles. The molecule has 0 aliphatic heterocycles. The normalized spacial score (nSPS) is 12.1. The molecule has 92 valence electrons. The van der Waals surface area contributed by atoms with Crippen LogP contribution in [0.4, 0.5) is 0 Å². The van der Waals surface area contributed by atoms with Crippen LogP contribution in [0.1, 0.15) is 22.0 Å². The van der Waals surface area contributed by atoms with E-state index in [1.165, 1.54) is 20.3 Å². The fourth-order valence-corrected chi connectivity index (χ4v) is 1.54. The third kappa shape index (κ3) is 3.12. The Kier molecular flexibility index (Phi) is 4.81. The molecule has 1 rings (SSSR count). The van der Waals surface area contributed by atoms with Gasteiger partial charge in [-0.05, 0) is 5.56 Å². The summed E-state index contributed by atoms with van der Waals surface area (Å²) in [5.41, 5.74) is 0.646. The second-order valence-corrected chi connectivity index (χ2v) is 3.40. The summed E-state index contributed by atoms with van der Waals surface area (Å²) in [7, 11) is 2.99. The molecule has 5 heteroatoms. The molecule has 1 aromatic carbocycles. The highest BCUT2D eigenvalue weighted by Crippen LogP contribution is 2.21. The minimum absolute atomic E-state index is 0.129. The van der Waals surface area contributed by atoms with Gasteiger partial charge in [0.2, 0.25) is 0 Å². The number of carbonyl (C=O) groups is 2. The SMILES string of the molecule is COCC(OC)c1ccccc1C(=O)C(=O)O. The summed E-state index contributed by atoms with van der Waals surface area (Å²) in [5.74, 6) is -2.43. The average molecular weight is 238 g/mol. The lowest BCUT2D eigenvalue weighted by atomic mass is 9.99. The maximum Gasteiger partial charge on any atom is 0.377 e. The zero-order valence-corrected chi connectivity index (χ0v) is 9.67. The van der Waals surface area contributed by atoms with Gasteiger partial charge in [-0.1, -0.05) is 24.3 Å². The standard InChI is InChI=1S/C12H14O5/c1-16-7-10(17-2)8-5-3-4-6-9(8)11(13)12(14)15/h3-6,10H,7H2,1-2H3,(H,14,15). The number of ether oxygens (including phenoxy) is 2. The number of methoxy groups -OCH3 is 2. The van der Waals surface area contributed by atoms with Gasteiger partial charge in [0.05, 0.1) is 6.61 Å². The van der Waals surface area contributed by atoms with Gasteiger partial charge in [-0.3, -0.25) is 4.79 Å². The molecule has 5 nitrogen and oxygen atoms in total.